The molecule has 0 amide bonds. The van der Waals surface area contributed by atoms with Crippen molar-refractivity contribution in [3.63, 3.8) is 0 Å². The Balaban J connectivity index is 0.000000149. The van der Waals surface area contributed by atoms with Crippen molar-refractivity contribution >= 4 is 5.97 Å². The molecule has 8 fully saturated rings. The van der Waals surface area contributed by atoms with E-state index in [1.54, 1.807) is 25.7 Å². The van der Waals surface area contributed by atoms with Gasteiger partial charge in [-0.1, -0.05) is 98.8 Å². The van der Waals surface area contributed by atoms with Gasteiger partial charge in [-0.15, -0.1) is 0 Å². The van der Waals surface area contributed by atoms with Gasteiger partial charge in [-0.05, 0) is 185 Å². The smallest absolute Gasteiger partial charge is 0.314 e. The van der Waals surface area contributed by atoms with E-state index in [-0.39, 0.29) is 29.4 Å². The number of hydrogen-bond acceptors (Lipinski definition) is 6. The van der Waals surface area contributed by atoms with Crippen molar-refractivity contribution in [1.29, 1.82) is 0 Å². The molecule has 8 aliphatic rings. The normalized spacial score (nSPS) is 33.8. The Labute approximate surface area is 494 Å². The highest BCUT2D eigenvalue weighted by molar-refractivity contribution is 5.75. The Morgan fingerprint density at radius 1 is 0.381 bits per heavy atom. The second-order valence-corrected chi connectivity index (χ2v) is 27.4. The molecular weight excluding hydrogens is 1100 g/mol. The summed E-state index contributed by atoms with van der Waals surface area (Å²) < 4.78 is 146. The second kappa shape index (κ2) is 32.0. The van der Waals surface area contributed by atoms with Gasteiger partial charge in [0, 0.05) is 35.4 Å². The van der Waals surface area contributed by atoms with Crippen LogP contribution in [0.25, 0.3) is 0 Å². The van der Waals surface area contributed by atoms with E-state index in [4.69, 9.17) is 23.7 Å². The number of esters is 1. The summed E-state index contributed by atoms with van der Waals surface area (Å²) >= 11 is 0. The number of ether oxygens (including phenoxy) is 5. The zero-order valence-corrected chi connectivity index (χ0v) is 50.6. The summed E-state index contributed by atoms with van der Waals surface area (Å²) in [6.45, 7) is 14.0. The third-order valence-corrected chi connectivity index (χ3v) is 20.6. The average Bonchev–Trinajstić information content (AvgIpc) is 3.70. The molecule has 0 unspecified atom stereocenters. The summed E-state index contributed by atoms with van der Waals surface area (Å²) in [5.74, 6) is -3.49. The van der Waals surface area contributed by atoms with E-state index in [1.165, 1.54) is 77.0 Å². The van der Waals surface area contributed by atoms with Crippen molar-refractivity contribution < 1.29 is 68.0 Å². The Morgan fingerprint density at radius 2 is 0.726 bits per heavy atom. The van der Waals surface area contributed by atoms with Gasteiger partial charge in [0.15, 0.2) is 64.9 Å². The van der Waals surface area contributed by atoms with Crippen molar-refractivity contribution in [3.05, 3.63) is 99.9 Å². The van der Waals surface area contributed by atoms with Crippen LogP contribution >= 0.6 is 0 Å². The summed E-state index contributed by atoms with van der Waals surface area (Å²) in [6.07, 6.45) is 29.5. The molecule has 2 saturated heterocycles. The zero-order chi connectivity index (χ0) is 60.0. The summed E-state index contributed by atoms with van der Waals surface area (Å²) in [7, 11) is 0. The van der Waals surface area contributed by atoms with Gasteiger partial charge in [0.25, 0.3) is 0 Å². The highest BCUT2D eigenvalue weighted by Crippen LogP contribution is 2.44. The lowest BCUT2D eigenvalue weighted by atomic mass is 9.69. The number of hydrogen-bond donors (Lipinski definition) is 0. The van der Waals surface area contributed by atoms with Crippen LogP contribution < -0.4 is 4.74 Å². The van der Waals surface area contributed by atoms with E-state index in [2.05, 4.69) is 34.6 Å². The molecule has 84 heavy (non-hydrogen) atoms. The predicted octanol–water partition coefficient (Wildman–Crippen LogP) is 19.6. The first-order valence-corrected chi connectivity index (χ1v) is 32.4. The van der Waals surface area contributed by atoms with E-state index < -0.39 is 64.6 Å². The van der Waals surface area contributed by atoms with Crippen LogP contribution in [0, 0.1) is 129 Å². The SMILES string of the molecule is CC1CCC(C2CCC(C(=O)Oc3cc(F)c(F)c(F)c3)CC2)CC1.CC1CCC(C2CCC(C)CC2)CC1.CC1CCC(CC2COC(c3cc(F)c(F)c(F)c3)OC2)CC1.CC1COC(C2CCC(c3cc(F)c(F)c(F)c3)CC2)OC1. The monoisotopic (exact) mass is 1190 g/mol. The van der Waals surface area contributed by atoms with Crippen LogP contribution in [0.15, 0.2) is 36.4 Å². The molecule has 0 spiro atoms. The van der Waals surface area contributed by atoms with Gasteiger partial charge >= 0.3 is 5.97 Å². The van der Waals surface area contributed by atoms with E-state index in [9.17, 15) is 44.3 Å². The van der Waals surface area contributed by atoms with E-state index in [1.807, 2.05) is 0 Å². The van der Waals surface area contributed by atoms with Gasteiger partial charge in [0.05, 0.1) is 32.3 Å². The fourth-order valence-electron chi connectivity index (χ4n) is 14.9. The first-order chi connectivity index (χ1) is 40.3. The highest BCUT2D eigenvalue weighted by Gasteiger charge is 2.36. The van der Waals surface area contributed by atoms with Gasteiger partial charge in [-0.25, -0.2) is 39.5 Å². The lowest BCUT2D eigenvalue weighted by Gasteiger charge is -2.37. The first-order valence-electron chi connectivity index (χ1n) is 32.4. The lowest BCUT2D eigenvalue weighted by molar-refractivity contribution is -0.226. The quantitative estimate of drug-likeness (QED) is 0.0921. The summed E-state index contributed by atoms with van der Waals surface area (Å²) in [6, 6.07) is 5.55. The minimum absolute atomic E-state index is 0.0726. The molecule has 6 aliphatic carbocycles. The molecule has 0 bridgehead atoms. The van der Waals surface area contributed by atoms with E-state index in [0.717, 1.165) is 143 Å². The van der Waals surface area contributed by atoms with Crippen LogP contribution in [0.4, 0.5) is 39.5 Å². The maximum Gasteiger partial charge on any atom is 0.314 e. The van der Waals surface area contributed by atoms with Crippen LogP contribution in [-0.2, 0) is 23.7 Å². The predicted molar refractivity (Wildman–Crippen MR) is 307 cm³/mol. The van der Waals surface area contributed by atoms with Crippen LogP contribution in [0.3, 0.4) is 0 Å². The van der Waals surface area contributed by atoms with Gasteiger partial charge in [-0.2, -0.15) is 0 Å². The number of carbonyl (C=O) groups is 1. The summed E-state index contributed by atoms with van der Waals surface area (Å²) in [5, 5.41) is 0. The molecule has 0 N–H and O–H groups in total. The van der Waals surface area contributed by atoms with Gasteiger partial charge < -0.3 is 23.7 Å². The van der Waals surface area contributed by atoms with Crippen molar-refractivity contribution in [3.8, 4) is 5.75 Å². The largest absolute Gasteiger partial charge is 0.426 e. The van der Waals surface area contributed by atoms with Crippen molar-refractivity contribution in [2.24, 2.45) is 76.9 Å². The molecule has 0 atom stereocenters. The van der Waals surface area contributed by atoms with Gasteiger partial charge in [0.1, 0.15) is 5.75 Å². The highest BCUT2D eigenvalue weighted by atomic mass is 19.2. The standard InChI is InChI=1S/C20H25F3O2.C18H23F3O2.C17H21F3O2.C14H26/c1-12-2-4-13(5-3-12)14-6-8-15(9-7-14)20(24)25-16-10-17(21)19(23)18(22)11-16;1-11-2-4-12(5-3-11)6-13-9-22-18(23-10-13)14-7-15(19)17(21)16(20)8-14;1-10-8-21-17(22-9-10)12-4-2-11(3-5-12)13-6-14(18)16(20)15(19)7-13;1-11-3-7-13(8-4-11)14-9-5-12(2)6-10-14/h10-15H,2-9H2,1H3;7-8,11-13,18H,2-6,9-10H2,1H3;6-7,10-12,17H,2-5,8-9H2,1H3;11-14H,3-10H2,1-2H3. The maximum atomic E-state index is 13.3. The average molecular weight is 1190 g/mol. The molecule has 15 heteroatoms. The first kappa shape index (κ1) is 66.3. The fourth-order valence-corrected chi connectivity index (χ4v) is 14.9. The molecule has 3 aromatic rings. The van der Waals surface area contributed by atoms with E-state index in [0.29, 0.717) is 54.6 Å². The number of benzene rings is 3. The number of rotatable bonds is 9. The second-order valence-electron chi connectivity index (χ2n) is 27.4. The number of halogens is 9. The third-order valence-electron chi connectivity index (χ3n) is 20.6. The molecule has 6 nitrogen and oxygen atoms in total. The molecule has 2 heterocycles. The maximum absolute atomic E-state index is 13.3. The Hall–Kier alpha value is -3.66. The van der Waals surface area contributed by atoms with Crippen molar-refractivity contribution in [2.75, 3.05) is 26.4 Å². The molecule has 0 aromatic heterocycles. The molecule has 2 aliphatic heterocycles. The molecule has 0 radical (unpaired) electrons. The van der Waals surface area contributed by atoms with Crippen molar-refractivity contribution in [2.45, 2.75) is 214 Å². The minimum Gasteiger partial charge on any atom is -0.426 e. The third kappa shape index (κ3) is 19.2. The van der Waals surface area contributed by atoms with Crippen LogP contribution in [0.1, 0.15) is 218 Å². The van der Waals surface area contributed by atoms with E-state index >= 15 is 0 Å². The van der Waals surface area contributed by atoms with Gasteiger partial charge in [-0.3, -0.25) is 4.79 Å². The number of carbonyl (C=O) groups excluding carboxylic acids is 1. The lowest BCUT2D eigenvalue weighted by Crippen LogP contribution is -2.37. The van der Waals surface area contributed by atoms with Crippen LogP contribution in [-0.4, -0.2) is 38.7 Å². The van der Waals surface area contributed by atoms with Crippen LogP contribution in [0.2, 0.25) is 0 Å². The Kier molecular flexibility index (Phi) is 25.3. The van der Waals surface area contributed by atoms with Crippen LogP contribution in [0.5, 0.6) is 5.75 Å². The summed E-state index contributed by atoms with van der Waals surface area (Å²) in [4.78, 5) is 12.2. The molecule has 11 rings (SSSR count). The molecule has 3 aromatic carbocycles. The molecular formula is C69H95F9O6. The fraction of sp³-hybridized carbons (Fsp3) is 0.725. The topological polar surface area (TPSA) is 63.2 Å². The Morgan fingerprint density at radius 3 is 1.13 bits per heavy atom. The van der Waals surface area contributed by atoms with Crippen molar-refractivity contribution in [1.82, 2.24) is 0 Å². The summed E-state index contributed by atoms with van der Waals surface area (Å²) in [5.41, 5.74) is 0.736. The zero-order valence-electron chi connectivity index (χ0n) is 50.6. The minimum atomic E-state index is -1.55. The molecule has 470 valence electrons. The molecule has 6 saturated carbocycles. The van der Waals surface area contributed by atoms with Gasteiger partial charge in [0.2, 0.25) is 0 Å². The Bertz CT molecular complexity index is 2400.